The maximum atomic E-state index is 5.48. The van der Waals surface area contributed by atoms with E-state index in [4.69, 9.17) is 5.73 Å². The lowest BCUT2D eigenvalue weighted by Crippen LogP contribution is -2.47. The molecule has 1 heterocycles. The number of nitrogens with zero attached hydrogens (tertiary/aromatic N) is 2. The van der Waals surface area contributed by atoms with Gasteiger partial charge in [0.05, 0.1) is 0 Å². The fraction of sp³-hybridized carbons (Fsp3) is 0.778. The molecule has 0 aromatic rings. The molecule has 0 saturated carbocycles. The summed E-state index contributed by atoms with van der Waals surface area (Å²) in [7, 11) is 0. The largest absolute Gasteiger partial charge is 0.329 e. The predicted molar refractivity (Wildman–Crippen MR) is 52.1 cm³/mol. The van der Waals surface area contributed by atoms with Crippen LogP contribution >= 0.6 is 0 Å². The molecule has 1 fully saturated rings. The van der Waals surface area contributed by atoms with Gasteiger partial charge in [0, 0.05) is 45.8 Å². The van der Waals surface area contributed by atoms with Gasteiger partial charge in [-0.15, -0.1) is 6.58 Å². The number of hydrogen-bond donors (Lipinski definition) is 1. The molecule has 2 N–H and O–H groups in total. The summed E-state index contributed by atoms with van der Waals surface area (Å²) < 4.78 is 0. The smallest absolute Gasteiger partial charge is 0.0161 e. The number of nitrogens with two attached hydrogens (primary N) is 1. The zero-order valence-corrected chi connectivity index (χ0v) is 7.71. The Bertz CT molecular complexity index is 128. The molecule has 3 heteroatoms. The lowest BCUT2D eigenvalue weighted by molar-refractivity contribution is 0.145. The van der Waals surface area contributed by atoms with Crippen LogP contribution in [0.2, 0.25) is 0 Å². The quantitative estimate of drug-likeness (QED) is 0.589. The second-order valence-electron chi connectivity index (χ2n) is 3.22. The van der Waals surface area contributed by atoms with E-state index < -0.39 is 0 Å². The minimum absolute atomic E-state index is 0.779. The highest BCUT2D eigenvalue weighted by Gasteiger charge is 2.13. The Balaban J connectivity index is 2.15. The van der Waals surface area contributed by atoms with E-state index in [0.29, 0.717) is 0 Å². The van der Waals surface area contributed by atoms with Crippen LogP contribution in [0, 0.1) is 0 Å². The minimum atomic E-state index is 0.779. The molecular weight excluding hydrogens is 150 g/mol. The Morgan fingerprint density at radius 1 is 1.17 bits per heavy atom. The van der Waals surface area contributed by atoms with Gasteiger partial charge in [0.1, 0.15) is 0 Å². The molecule has 3 nitrogen and oxygen atoms in total. The second-order valence-corrected chi connectivity index (χ2v) is 3.22. The minimum Gasteiger partial charge on any atom is -0.329 e. The van der Waals surface area contributed by atoms with Crippen LogP contribution in [-0.4, -0.2) is 55.6 Å². The van der Waals surface area contributed by atoms with Gasteiger partial charge in [-0.1, -0.05) is 6.08 Å². The monoisotopic (exact) mass is 169 g/mol. The molecule has 1 rings (SSSR count). The summed E-state index contributed by atoms with van der Waals surface area (Å²) in [6, 6.07) is 0. The van der Waals surface area contributed by atoms with Crippen LogP contribution < -0.4 is 5.73 Å². The molecule has 0 unspecified atom stereocenters. The molecule has 12 heavy (non-hydrogen) atoms. The van der Waals surface area contributed by atoms with Crippen molar-refractivity contribution < 1.29 is 0 Å². The molecule has 0 aliphatic carbocycles. The van der Waals surface area contributed by atoms with Crippen molar-refractivity contribution >= 4 is 0 Å². The van der Waals surface area contributed by atoms with E-state index in [1.54, 1.807) is 0 Å². The molecule has 0 spiro atoms. The highest BCUT2D eigenvalue weighted by molar-refractivity contribution is 4.78. The molecule has 0 aromatic carbocycles. The Labute approximate surface area is 74.8 Å². The molecule has 70 valence electrons. The highest BCUT2D eigenvalue weighted by atomic mass is 15.3. The molecular formula is C9H19N3. The van der Waals surface area contributed by atoms with Gasteiger partial charge < -0.3 is 5.73 Å². The first-order valence-corrected chi connectivity index (χ1v) is 4.62. The first kappa shape index (κ1) is 9.71. The molecule has 0 aromatic heterocycles. The average molecular weight is 169 g/mol. The summed E-state index contributed by atoms with van der Waals surface area (Å²) in [5.41, 5.74) is 5.48. The summed E-state index contributed by atoms with van der Waals surface area (Å²) in [5.74, 6) is 0. The number of hydrogen-bond acceptors (Lipinski definition) is 3. The van der Waals surface area contributed by atoms with Crippen LogP contribution in [0.15, 0.2) is 12.7 Å². The molecule has 0 atom stereocenters. The van der Waals surface area contributed by atoms with Gasteiger partial charge in [0.25, 0.3) is 0 Å². The van der Waals surface area contributed by atoms with Crippen molar-refractivity contribution in [3.63, 3.8) is 0 Å². The third kappa shape index (κ3) is 2.93. The molecule has 1 aliphatic rings. The van der Waals surface area contributed by atoms with E-state index in [2.05, 4.69) is 16.4 Å². The van der Waals surface area contributed by atoms with Crippen molar-refractivity contribution in [2.24, 2.45) is 5.73 Å². The SMILES string of the molecule is C=CCN1CCN(CCN)CC1. The zero-order chi connectivity index (χ0) is 8.81. The maximum absolute atomic E-state index is 5.48. The van der Waals surface area contributed by atoms with Gasteiger partial charge in [-0.05, 0) is 0 Å². The van der Waals surface area contributed by atoms with Crippen LogP contribution in [0.5, 0.6) is 0 Å². The summed E-state index contributed by atoms with van der Waals surface area (Å²) in [6.45, 7) is 11.2. The lowest BCUT2D eigenvalue weighted by atomic mass is 10.3. The molecule has 0 radical (unpaired) electrons. The number of piperazine rings is 1. The normalized spacial score (nSPS) is 21.1. The van der Waals surface area contributed by atoms with Crippen LogP contribution in [0.4, 0.5) is 0 Å². The fourth-order valence-corrected chi connectivity index (χ4v) is 1.56. The van der Waals surface area contributed by atoms with Gasteiger partial charge >= 0.3 is 0 Å². The Morgan fingerprint density at radius 3 is 2.25 bits per heavy atom. The third-order valence-corrected chi connectivity index (χ3v) is 2.30. The Kier molecular flexibility index (Phi) is 4.29. The van der Waals surface area contributed by atoms with Gasteiger partial charge in [-0.3, -0.25) is 9.80 Å². The topological polar surface area (TPSA) is 32.5 Å². The van der Waals surface area contributed by atoms with E-state index in [0.717, 1.165) is 45.8 Å². The van der Waals surface area contributed by atoms with E-state index in [-0.39, 0.29) is 0 Å². The van der Waals surface area contributed by atoms with Crippen LogP contribution in [0.3, 0.4) is 0 Å². The van der Waals surface area contributed by atoms with E-state index >= 15 is 0 Å². The predicted octanol–water partition coefficient (Wildman–Crippen LogP) is -0.251. The van der Waals surface area contributed by atoms with E-state index in [1.165, 1.54) is 0 Å². The Morgan fingerprint density at radius 2 is 1.75 bits per heavy atom. The second kappa shape index (κ2) is 5.30. The standard InChI is InChI=1S/C9H19N3/c1-2-4-11-6-8-12(5-3-10)9-7-11/h2H,1,3-10H2. The summed E-state index contributed by atoms with van der Waals surface area (Å²) in [6.07, 6.45) is 1.97. The van der Waals surface area contributed by atoms with Crippen molar-refractivity contribution in [2.45, 2.75) is 0 Å². The van der Waals surface area contributed by atoms with E-state index in [1.807, 2.05) is 6.08 Å². The third-order valence-electron chi connectivity index (χ3n) is 2.30. The van der Waals surface area contributed by atoms with Crippen molar-refractivity contribution in [1.29, 1.82) is 0 Å². The van der Waals surface area contributed by atoms with Crippen molar-refractivity contribution in [3.8, 4) is 0 Å². The van der Waals surface area contributed by atoms with Crippen molar-refractivity contribution in [1.82, 2.24) is 9.80 Å². The van der Waals surface area contributed by atoms with Crippen LogP contribution in [0.1, 0.15) is 0 Å². The van der Waals surface area contributed by atoms with Gasteiger partial charge in [-0.2, -0.15) is 0 Å². The van der Waals surface area contributed by atoms with Gasteiger partial charge in [0.2, 0.25) is 0 Å². The van der Waals surface area contributed by atoms with Crippen LogP contribution in [0.25, 0.3) is 0 Å². The highest BCUT2D eigenvalue weighted by Crippen LogP contribution is 1.99. The van der Waals surface area contributed by atoms with Gasteiger partial charge in [-0.25, -0.2) is 0 Å². The molecule has 0 bridgehead atoms. The summed E-state index contributed by atoms with van der Waals surface area (Å²) in [5, 5.41) is 0. The molecule has 0 amide bonds. The van der Waals surface area contributed by atoms with Crippen molar-refractivity contribution in [2.75, 3.05) is 45.8 Å². The first-order chi connectivity index (χ1) is 5.86. The maximum Gasteiger partial charge on any atom is 0.0161 e. The lowest BCUT2D eigenvalue weighted by Gasteiger charge is -2.33. The first-order valence-electron chi connectivity index (χ1n) is 4.62. The summed E-state index contributed by atoms with van der Waals surface area (Å²) in [4.78, 5) is 4.83. The molecule has 1 aliphatic heterocycles. The Hall–Kier alpha value is -0.380. The summed E-state index contributed by atoms with van der Waals surface area (Å²) >= 11 is 0. The fourth-order valence-electron chi connectivity index (χ4n) is 1.56. The molecule has 1 saturated heterocycles. The van der Waals surface area contributed by atoms with Crippen molar-refractivity contribution in [3.05, 3.63) is 12.7 Å². The van der Waals surface area contributed by atoms with Crippen LogP contribution in [-0.2, 0) is 0 Å². The van der Waals surface area contributed by atoms with E-state index in [9.17, 15) is 0 Å². The number of rotatable bonds is 4. The van der Waals surface area contributed by atoms with Gasteiger partial charge in [0.15, 0.2) is 0 Å². The zero-order valence-electron chi connectivity index (χ0n) is 7.71. The average Bonchev–Trinajstić information content (AvgIpc) is 2.09.